The zero-order chi connectivity index (χ0) is 27.6. The fourth-order valence-electron chi connectivity index (χ4n) is 5.96. The average molecular weight is 537 g/mol. The van der Waals surface area contributed by atoms with Crippen molar-refractivity contribution in [3.05, 3.63) is 107 Å². The van der Waals surface area contributed by atoms with Gasteiger partial charge in [0.2, 0.25) is 0 Å². The molecule has 2 saturated heterocycles. The molecule has 2 aliphatic rings. The van der Waals surface area contributed by atoms with Gasteiger partial charge in [-0.3, -0.25) is 15.0 Å². The molecule has 2 heterocycles. The minimum absolute atomic E-state index is 0.144. The van der Waals surface area contributed by atoms with Crippen molar-refractivity contribution in [1.82, 2.24) is 20.0 Å². The van der Waals surface area contributed by atoms with E-state index < -0.39 is 11.8 Å². The fourth-order valence-corrected chi connectivity index (χ4v) is 5.96. The zero-order valence-corrected chi connectivity index (χ0v) is 22.4. The maximum atomic E-state index is 14.2. The second kappa shape index (κ2) is 11.5. The van der Waals surface area contributed by atoms with Crippen LogP contribution < -0.4 is 5.32 Å². The number of hydrogen-bond acceptors (Lipinski definition) is 4. The Morgan fingerprint density at radius 3 is 1.77 bits per heavy atom. The van der Waals surface area contributed by atoms with Gasteiger partial charge in [0, 0.05) is 6.54 Å². The second-order valence-electron chi connectivity index (χ2n) is 10.8. The Morgan fingerprint density at radius 1 is 0.795 bits per heavy atom. The van der Waals surface area contributed by atoms with Crippen LogP contribution in [0.1, 0.15) is 41.9 Å². The van der Waals surface area contributed by atoms with Crippen LogP contribution in [-0.2, 0) is 10.3 Å². The standard InChI is InChI=1S/C31H35F3N4O/c1-36(2)30-35-31(24-6-12-27(33)13-7-24,25-8-14-28(34)15-9-25)29(39)38(30)19-3-18-37-20-16-23(17-21-37)22-4-10-26(32)11-5-22/h4-15,23,30,35H,3,16-21H2,1-2H3. The Balaban J connectivity index is 1.29. The summed E-state index contributed by atoms with van der Waals surface area (Å²) in [4.78, 5) is 20.4. The summed E-state index contributed by atoms with van der Waals surface area (Å²) < 4.78 is 40.9. The molecule has 0 aliphatic carbocycles. The molecule has 39 heavy (non-hydrogen) atoms. The third kappa shape index (κ3) is 5.60. The van der Waals surface area contributed by atoms with Crippen LogP contribution in [0, 0.1) is 17.5 Å². The molecule has 5 nitrogen and oxygen atoms in total. The number of nitrogens with zero attached hydrogens (tertiary/aromatic N) is 3. The van der Waals surface area contributed by atoms with E-state index in [-0.39, 0.29) is 23.4 Å². The molecule has 0 spiro atoms. The first-order chi connectivity index (χ1) is 18.8. The van der Waals surface area contributed by atoms with Crippen molar-refractivity contribution in [3.63, 3.8) is 0 Å². The molecule has 3 aromatic rings. The molecule has 0 aromatic heterocycles. The van der Waals surface area contributed by atoms with Crippen molar-refractivity contribution < 1.29 is 18.0 Å². The van der Waals surface area contributed by atoms with Crippen LogP contribution in [0.3, 0.4) is 0 Å². The minimum atomic E-state index is -1.26. The van der Waals surface area contributed by atoms with Gasteiger partial charge >= 0.3 is 0 Å². The molecule has 3 aromatic carbocycles. The van der Waals surface area contributed by atoms with Crippen molar-refractivity contribution >= 4 is 5.91 Å². The number of carbonyl (C=O) groups is 1. The Labute approximate surface area is 228 Å². The van der Waals surface area contributed by atoms with Gasteiger partial charge in [-0.05, 0) is 112 Å². The van der Waals surface area contributed by atoms with Gasteiger partial charge in [-0.1, -0.05) is 36.4 Å². The molecule has 2 fully saturated rings. The van der Waals surface area contributed by atoms with Gasteiger partial charge in [0.25, 0.3) is 5.91 Å². The van der Waals surface area contributed by atoms with E-state index in [1.54, 1.807) is 24.3 Å². The zero-order valence-electron chi connectivity index (χ0n) is 22.4. The van der Waals surface area contributed by atoms with Gasteiger partial charge in [-0.15, -0.1) is 0 Å². The molecule has 1 N–H and O–H groups in total. The molecule has 8 heteroatoms. The number of hydrogen-bond donors (Lipinski definition) is 1. The van der Waals surface area contributed by atoms with Crippen LogP contribution in [0.15, 0.2) is 72.8 Å². The summed E-state index contributed by atoms with van der Waals surface area (Å²) in [5.41, 5.74) is 1.15. The van der Waals surface area contributed by atoms with E-state index in [0.717, 1.165) is 38.9 Å². The lowest BCUT2D eigenvalue weighted by atomic mass is 9.82. The summed E-state index contributed by atoms with van der Waals surface area (Å²) in [6, 6.07) is 18.7. The van der Waals surface area contributed by atoms with E-state index in [9.17, 15) is 18.0 Å². The number of amides is 1. The molecule has 1 unspecified atom stereocenters. The third-order valence-corrected chi connectivity index (χ3v) is 8.07. The highest BCUT2D eigenvalue weighted by Gasteiger charge is 2.54. The largest absolute Gasteiger partial charge is 0.312 e. The maximum Gasteiger partial charge on any atom is 0.254 e. The van der Waals surface area contributed by atoms with Gasteiger partial charge < -0.3 is 9.80 Å². The van der Waals surface area contributed by atoms with Crippen LogP contribution in [0.4, 0.5) is 13.2 Å². The quantitative estimate of drug-likeness (QED) is 0.445. The van der Waals surface area contributed by atoms with Crippen molar-refractivity contribution in [2.45, 2.75) is 37.0 Å². The van der Waals surface area contributed by atoms with Crippen molar-refractivity contribution in [1.29, 1.82) is 0 Å². The SMILES string of the molecule is CN(C)C1NC(c2ccc(F)cc2)(c2ccc(F)cc2)C(=O)N1CCCN1CCC(c2ccc(F)cc2)CC1. The highest BCUT2D eigenvalue weighted by molar-refractivity contribution is 5.94. The normalized spacial score (nSPS) is 20.2. The van der Waals surface area contributed by atoms with E-state index >= 15 is 0 Å². The van der Waals surface area contributed by atoms with E-state index in [1.807, 2.05) is 36.0 Å². The highest BCUT2D eigenvalue weighted by atomic mass is 19.1. The topological polar surface area (TPSA) is 38.8 Å². The first-order valence-electron chi connectivity index (χ1n) is 13.5. The number of nitrogens with one attached hydrogen (secondary N) is 1. The molecular weight excluding hydrogens is 501 g/mol. The number of carbonyl (C=O) groups excluding carboxylic acids is 1. The lowest BCUT2D eigenvalue weighted by molar-refractivity contribution is -0.134. The second-order valence-corrected chi connectivity index (χ2v) is 10.8. The summed E-state index contributed by atoms with van der Waals surface area (Å²) in [6.45, 7) is 3.32. The van der Waals surface area contributed by atoms with E-state index in [2.05, 4.69) is 10.2 Å². The highest BCUT2D eigenvalue weighted by Crippen LogP contribution is 2.38. The Hall–Kier alpha value is -3.20. The molecule has 0 radical (unpaired) electrons. The van der Waals surface area contributed by atoms with Crippen molar-refractivity contribution in [2.24, 2.45) is 0 Å². The third-order valence-electron chi connectivity index (χ3n) is 8.07. The smallest absolute Gasteiger partial charge is 0.254 e. The minimum Gasteiger partial charge on any atom is -0.312 e. The summed E-state index contributed by atoms with van der Waals surface area (Å²) in [6.07, 6.45) is 2.45. The van der Waals surface area contributed by atoms with Crippen LogP contribution in [-0.4, -0.2) is 67.2 Å². The van der Waals surface area contributed by atoms with E-state index in [4.69, 9.17) is 0 Å². The number of rotatable bonds is 8. The van der Waals surface area contributed by atoms with E-state index in [0.29, 0.717) is 23.6 Å². The van der Waals surface area contributed by atoms with E-state index in [1.165, 1.54) is 42.0 Å². The molecule has 5 rings (SSSR count). The van der Waals surface area contributed by atoms with Gasteiger partial charge in [0.1, 0.15) is 23.7 Å². The Morgan fingerprint density at radius 2 is 1.28 bits per heavy atom. The van der Waals surface area contributed by atoms with Crippen LogP contribution in [0.5, 0.6) is 0 Å². The molecule has 1 amide bonds. The van der Waals surface area contributed by atoms with Gasteiger partial charge in [-0.25, -0.2) is 13.2 Å². The first-order valence-corrected chi connectivity index (χ1v) is 13.5. The summed E-state index contributed by atoms with van der Waals surface area (Å²) in [5, 5.41) is 3.51. The Bertz CT molecular complexity index is 1210. The number of piperidine rings is 1. The lowest BCUT2D eigenvalue weighted by Gasteiger charge is -2.33. The average Bonchev–Trinajstić information content (AvgIpc) is 3.23. The lowest BCUT2D eigenvalue weighted by Crippen LogP contribution is -2.50. The summed E-state index contributed by atoms with van der Waals surface area (Å²) >= 11 is 0. The molecule has 0 saturated carbocycles. The van der Waals surface area contributed by atoms with Crippen LogP contribution >= 0.6 is 0 Å². The summed E-state index contributed by atoms with van der Waals surface area (Å²) in [7, 11) is 3.81. The Kier molecular flexibility index (Phi) is 8.07. The molecule has 1 atom stereocenters. The molecule has 2 aliphatic heterocycles. The van der Waals surface area contributed by atoms with Crippen molar-refractivity contribution in [2.75, 3.05) is 40.3 Å². The molecule has 206 valence electrons. The van der Waals surface area contributed by atoms with Crippen molar-refractivity contribution in [3.8, 4) is 0 Å². The van der Waals surface area contributed by atoms with Gasteiger partial charge in [-0.2, -0.15) is 0 Å². The number of likely N-dealkylation sites (tertiary alicyclic amines) is 1. The van der Waals surface area contributed by atoms with Gasteiger partial charge in [0.05, 0.1) is 0 Å². The summed E-state index contributed by atoms with van der Waals surface area (Å²) in [5.74, 6) is -0.683. The van der Waals surface area contributed by atoms with Crippen LogP contribution in [0.25, 0.3) is 0 Å². The first kappa shape index (κ1) is 27.4. The number of halogens is 3. The monoisotopic (exact) mass is 536 g/mol. The molecule has 0 bridgehead atoms. The fraction of sp³-hybridized carbons (Fsp3) is 0.387. The van der Waals surface area contributed by atoms with Crippen LogP contribution in [0.2, 0.25) is 0 Å². The molecular formula is C31H35F3N4O. The predicted octanol–water partition coefficient (Wildman–Crippen LogP) is 4.89. The maximum absolute atomic E-state index is 14.2. The van der Waals surface area contributed by atoms with Gasteiger partial charge in [0.15, 0.2) is 5.54 Å². The number of benzene rings is 3. The predicted molar refractivity (Wildman–Crippen MR) is 145 cm³/mol.